The molecular formula is C15H20O3S. The number of carbonyl (C=O) groups is 1. The summed E-state index contributed by atoms with van der Waals surface area (Å²) in [4.78, 5) is 11.3. The highest BCUT2D eigenvalue weighted by molar-refractivity contribution is 7.99. The molecule has 0 aromatic heterocycles. The largest absolute Gasteiger partial charge is 0.493 e. The van der Waals surface area contributed by atoms with Crippen LogP contribution in [0.15, 0.2) is 18.2 Å². The number of hydrogen-bond acceptors (Lipinski definition) is 4. The molecule has 104 valence electrons. The van der Waals surface area contributed by atoms with Gasteiger partial charge in [-0.2, -0.15) is 11.8 Å². The van der Waals surface area contributed by atoms with Crippen LogP contribution in [0.3, 0.4) is 0 Å². The van der Waals surface area contributed by atoms with E-state index in [0.29, 0.717) is 0 Å². The molecule has 0 bridgehead atoms. The Morgan fingerprint density at radius 3 is 3.16 bits per heavy atom. The molecule has 0 saturated carbocycles. The predicted octanol–water partition coefficient (Wildman–Crippen LogP) is 2.71. The van der Waals surface area contributed by atoms with E-state index in [-0.39, 0.29) is 11.9 Å². The maximum atomic E-state index is 11.3. The molecule has 0 amide bonds. The molecule has 3 nitrogen and oxygen atoms in total. The molecule has 0 fully saturated rings. The molecule has 0 saturated heterocycles. The maximum absolute atomic E-state index is 11.3. The van der Waals surface area contributed by atoms with Gasteiger partial charge in [0, 0.05) is 12.2 Å². The number of rotatable bonds is 6. The average Bonchev–Trinajstić information content (AvgIpc) is 2.89. The van der Waals surface area contributed by atoms with Gasteiger partial charge in [0.15, 0.2) is 0 Å². The standard InChI is InChI=1S/C15H20O3S/c1-11(15(16)17-2)10-19-8-6-12-3-4-14-13(9-12)5-7-18-14/h3-4,9,11H,5-8,10H2,1-2H3. The van der Waals surface area contributed by atoms with Crippen LogP contribution in [0.1, 0.15) is 18.1 Å². The predicted molar refractivity (Wildman–Crippen MR) is 77.9 cm³/mol. The van der Waals surface area contributed by atoms with Crippen molar-refractivity contribution < 1.29 is 14.3 Å². The van der Waals surface area contributed by atoms with Crippen LogP contribution in [0, 0.1) is 5.92 Å². The lowest BCUT2D eigenvalue weighted by molar-refractivity contribution is -0.143. The molecule has 0 radical (unpaired) electrons. The van der Waals surface area contributed by atoms with Crippen LogP contribution in [0.5, 0.6) is 5.75 Å². The van der Waals surface area contributed by atoms with Crippen molar-refractivity contribution in [3.63, 3.8) is 0 Å². The molecule has 1 aliphatic heterocycles. The Labute approximate surface area is 118 Å². The van der Waals surface area contributed by atoms with Gasteiger partial charge < -0.3 is 9.47 Å². The SMILES string of the molecule is COC(=O)C(C)CSCCc1ccc2c(c1)CCO2. The third-order valence-electron chi connectivity index (χ3n) is 3.26. The normalized spacial score (nSPS) is 14.6. The number of esters is 1. The van der Waals surface area contributed by atoms with Gasteiger partial charge >= 0.3 is 5.97 Å². The fourth-order valence-electron chi connectivity index (χ4n) is 2.11. The third-order valence-corrected chi connectivity index (χ3v) is 4.49. The van der Waals surface area contributed by atoms with Crippen LogP contribution >= 0.6 is 11.8 Å². The number of hydrogen-bond donors (Lipinski definition) is 0. The molecule has 0 aliphatic carbocycles. The van der Waals surface area contributed by atoms with Crippen LogP contribution in [-0.4, -0.2) is 31.2 Å². The van der Waals surface area contributed by atoms with Gasteiger partial charge in [-0.25, -0.2) is 0 Å². The van der Waals surface area contributed by atoms with Gasteiger partial charge in [0.2, 0.25) is 0 Å². The summed E-state index contributed by atoms with van der Waals surface area (Å²) in [5, 5.41) is 0. The van der Waals surface area contributed by atoms with Crippen molar-refractivity contribution in [2.45, 2.75) is 19.8 Å². The van der Waals surface area contributed by atoms with E-state index < -0.39 is 0 Å². The number of thioether (sulfide) groups is 1. The lowest BCUT2D eigenvalue weighted by Crippen LogP contribution is -2.15. The molecule has 19 heavy (non-hydrogen) atoms. The van der Waals surface area contributed by atoms with Crippen LogP contribution < -0.4 is 4.74 Å². The molecule has 1 aliphatic rings. The van der Waals surface area contributed by atoms with Crippen LogP contribution in [0.4, 0.5) is 0 Å². The molecule has 0 spiro atoms. The molecule has 1 heterocycles. The number of ether oxygens (including phenoxy) is 2. The zero-order valence-corrected chi connectivity index (χ0v) is 12.3. The Morgan fingerprint density at radius 1 is 1.53 bits per heavy atom. The molecule has 1 atom stereocenters. The van der Waals surface area contributed by atoms with Crippen molar-refractivity contribution in [3.05, 3.63) is 29.3 Å². The van der Waals surface area contributed by atoms with Gasteiger partial charge in [-0.1, -0.05) is 19.1 Å². The minimum Gasteiger partial charge on any atom is -0.493 e. The molecular weight excluding hydrogens is 260 g/mol. The lowest BCUT2D eigenvalue weighted by Gasteiger charge is -2.08. The highest BCUT2D eigenvalue weighted by atomic mass is 32.2. The van der Waals surface area contributed by atoms with Gasteiger partial charge in [-0.3, -0.25) is 4.79 Å². The number of benzene rings is 1. The zero-order valence-electron chi connectivity index (χ0n) is 11.5. The second-order valence-corrected chi connectivity index (χ2v) is 5.94. The fraction of sp³-hybridized carbons (Fsp3) is 0.533. The summed E-state index contributed by atoms with van der Waals surface area (Å²) in [6.07, 6.45) is 2.06. The fourth-order valence-corrected chi connectivity index (χ4v) is 3.15. The van der Waals surface area contributed by atoms with Gasteiger partial charge in [0.25, 0.3) is 0 Å². The first kappa shape index (κ1) is 14.3. The van der Waals surface area contributed by atoms with Crippen molar-refractivity contribution in [1.29, 1.82) is 0 Å². The Balaban J connectivity index is 1.73. The van der Waals surface area contributed by atoms with E-state index in [0.717, 1.165) is 36.7 Å². The van der Waals surface area contributed by atoms with Gasteiger partial charge in [-0.05, 0) is 29.4 Å². The van der Waals surface area contributed by atoms with E-state index in [1.807, 2.05) is 6.92 Å². The summed E-state index contributed by atoms with van der Waals surface area (Å²) in [5.41, 5.74) is 2.67. The van der Waals surface area contributed by atoms with Crippen LogP contribution in [0.25, 0.3) is 0 Å². The minimum atomic E-state index is -0.123. The van der Waals surface area contributed by atoms with E-state index in [2.05, 4.69) is 18.2 Å². The van der Waals surface area contributed by atoms with E-state index in [1.54, 1.807) is 11.8 Å². The molecule has 1 aromatic carbocycles. The summed E-state index contributed by atoms with van der Waals surface area (Å²) >= 11 is 1.80. The molecule has 1 aromatic rings. The number of fused-ring (bicyclic) bond motifs is 1. The van der Waals surface area contributed by atoms with E-state index in [4.69, 9.17) is 9.47 Å². The lowest BCUT2D eigenvalue weighted by atomic mass is 10.1. The Kier molecular flexibility index (Phi) is 5.14. The summed E-state index contributed by atoms with van der Waals surface area (Å²) < 4.78 is 10.2. The first-order valence-electron chi connectivity index (χ1n) is 6.61. The van der Waals surface area contributed by atoms with E-state index in [9.17, 15) is 4.79 Å². The second kappa shape index (κ2) is 6.85. The monoisotopic (exact) mass is 280 g/mol. The first-order chi connectivity index (χ1) is 9.20. The smallest absolute Gasteiger partial charge is 0.309 e. The third kappa shape index (κ3) is 3.90. The van der Waals surface area contributed by atoms with Crippen molar-refractivity contribution in [2.24, 2.45) is 5.92 Å². The molecule has 2 rings (SSSR count). The Bertz CT molecular complexity index is 445. The van der Waals surface area contributed by atoms with Crippen molar-refractivity contribution in [2.75, 3.05) is 25.2 Å². The highest BCUT2D eigenvalue weighted by Gasteiger charge is 2.13. The summed E-state index contributed by atoms with van der Waals surface area (Å²) in [6, 6.07) is 6.44. The van der Waals surface area contributed by atoms with Gasteiger partial charge in [-0.15, -0.1) is 0 Å². The average molecular weight is 280 g/mol. The van der Waals surface area contributed by atoms with Crippen LogP contribution in [-0.2, 0) is 22.4 Å². The van der Waals surface area contributed by atoms with Gasteiger partial charge in [0.05, 0.1) is 19.6 Å². The highest BCUT2D eigenvalue weighted by Crippen LogP contribution is 2.26. The first-order valence-corrected chi connectivity index (χ1v) is 7.76. The Hall–Kier alpha value is -1.16. The van der Waals surface area contributed by atoms with E-state index >= 15 is 0 Å². The molecule has 1 unspecified atom stereocenters. The minimum absolute atomic E-state index is 0.0246. The number of methoxy groups -OCH3 is 1. The zero-order chi connectivity index (χ0) is 13.7. The van der Waals surface area contributed by atoms with Crippen molar-refractivity contribution in [1.82, 2.24) is 0 Å². The van der Waals surface area contributed by atoms with Crippen molar-refractivity contribution >= 4 is 17.7 Å². The quantitative estimate of drug-likeness (QED) is 0.593. The maximum Gasteiger partial charge on any atom is 0.309 e. The van der Waals surface area contributed by atoms with E-state index in [1.165, 1.54) is 18.2 Å². The van der Waals surface area contributed by atoms with Gasteiger partial charge in [0.1, 0.15) is 5.75 Å². The molecule has 4 heteroatoms. The molecule has 0 N–H and O–H groups in total. The number of carbonyl (C=O) groups excluding carboxylic acids is 1. The topological polar surface area (TPSA) is 35.5 Å². The second-order valence-electron chi connectivity index (χ2n) is 4.79. The summed E-state index contributed by atoms with van der Waals surface area (Å²) in [6.45, 7) is 2.72. The number of aryl methyl sites for hydroxylation is 1. The van der Waals surface area contributed by atoms with Crippen molar-refractivity contribution in [3.8, 4) is 5.75 Å². The summed E-state index contributed by atoms with van der Waals surface area (Å²) in [5.74, 6) is 2.74. The summed E-state index contributed by atoms with van der Waals surface area (Å²) in [7, 11) is 1.44. The van der Waals surface area contributed by atoms with Crippen LogP contribution in [0.2, 0.25) is 0 Å². The Morgan fingerprint density at radius 2 is 2.37 bits per heavy atom.